The Bertz CT molecular complexity index is 505. The molecule has 0 radical (unpaired) electrons. The van der Waals surface area contributed by atoms with Crippen LogP contribution in [0, 0.1) is 6.92 Å². The van der Waals surface area contributed by atoms with E-state index in [1.807, 2.05) is 25.0 Å². The fourth-order valence-electron chi connectivity index (χ4n) is 1.69. The van der Waals surface area contributed by atoms with E-state index in [0.29, 0.717) is 23.6 Å². The van der Waals surface area contributed by atoms with Crippen LogP contribution in [0.4, 0.5) is 5.69 Å². The van der Waals surface area contributed by atoms with Crippen LogP contribution in [0.3, 0.4) is 0 Å². The average molecular weight is 266 g/mol. The molecule has 0 fully saturated rings. The quantitative estimate of drug-likeness (QED) is 0.653. The van der Waals surface area contributed by atoms with Crippen molar-refractivity contribution in [3.05, 3.63) is 46.8 Å². The van der Waals surface area contributed by atoms with Crippen molar-refractivity contribution in [1.82, 2.24) is 0 Å². The lowest BCUT2D eigenvalue weighted by molar-refractivity contribution is 0.391. The Balaban J connectivity index is 2.93. The third kappa shape index (κ3) is 3.66. The number of halogens is 1. The fraction of sp³-hybridized carbons (Fsp3) is 0.286. The molecule has 1 aromatic rings. The van der Waals surface area contributed by atoms with Gasteiger partial charge >= 0.3 is 0 Å². The molecule has 0 aliphatic rings. The van der Waals surface area contributed by atoms with Crippen LogP contribution < -0.4 is 4.90 Å². The van der Waals surface area contributed by atoms with Gasteiger partial charge in [0.15, 0.2) is 0 Å². The second kappa shape index (κ2) is 6.29. The molecule has 3 nitrogen and oxygen atoms in total. The minimum atomic E-state index is 0.0592. The molecule has 4 heteroatoms. The molecule has 1 rings (SSSR count). The van der Waals surface area contributed by atoms with Crippen molar-refractivity contribution in [1.29, 1.82) is 0 Å². The second-order valence-electron chi connectivity index (χ2n) is 4.10. The molecular weight excluding hydrogens is 250 g/mol. The predicted octanol–water partition coefficient (Wildman–Crippen LogP) is 3.65. The number of nitrogens with zero attached hydrogens (tertiary/aromatic N) is 1. The highest BCUT2D eigenvalue weighted by Crippen LogP contribution is 2.26. The van der Waals surface area contributed by atoms with Gasteiger partial charge in [-0.1, -0.05) is 18.2 Å². The first-order valence-electron chi connectivity index (χ1n) is 5.56. The molecule has 0 heterocycles. The van der Waals surface area contributed by atoms with Crippen molar-refractivity contribution in [2.45, 2.75) is 19.8 Å². The SMILES string of the molecule is C=C(O)CCC(=C=O)N(C)c1ccc(Cl)cc1C. The van der Waals surface area contributed by atoms with Gasteiger partial charge in [0.05, 0.1) is 5.76 Å². The van der Waals surface area contributed by atoms with Crippen molar-refractivity contribution in [2.24, 2.45) is 0 Å². The van der Waals surface area contributed by atoms with Crippen molar-refractivity contribution < 1.29 is 9.90 Å². The number of anilines is 1. The maximum Gasteiger partial charge on any atom is 0.146 e. The number of aryl methyl sites for hydroxylation is 1. The first kappa shape index (κ1) is 14.4. The largest absolute Gasteiger partial charge is 0.513 e. The zero-order valence-corrected chi connectivity index (χ0v) is 11.3. The molecule has 0 aliphatic carbocycles. The molecule has 0 spiro atoms. The van der Waals surface area contributed by atoms with Crippen LogP contribution in [0.15, 0.2) is 36.2 Å². The Labute approximate surface area is 112 Å². The molecule has 0 bridgehead atoms. The number of carbonyl (C=O) groups excluding carboxylic acids is 1. The van der Waals surface area contributed by atoms with Crippen LogP contribution in [0.5, 0.6) is 0 Å². The van der Waals surface area contributed by atoms with E-state index >= 15 is 0 Å². The van der Waals surface area contributed by atoms with Crippen LogP contribution in [0.1, 0.15) is 18.4 Å². The van der Waals surface area contributed by atoms with E-state index in [9.17, 15) is 4.79 Å². The highest BCUT2D eigenvalue weighted by molar-refractivity contribution is 6.30. The Morgan fingerprint density at radius 1 is 1.50 bits per heavy atom. The first-order chi connectivity index (χ1) is 8.45. The van der Waals surface area contributed by atoms with Crippen molar-refractivity contribution in [3.63, 3.8) is 0 Å². The van der Waals surface area contributed by atoms with Crippen LogP contribution >= 0.6 is 11.6 Å². The normalized spacial score (nSPS) is 9.72. The van der Waals surface area contributed by atoms with Gasteiger partial charge in [0.2, 0.25) is 0 Å². The fourth-order valence-corrected chi connectivity index (χ4v) is 1.92. The van der Waals surface area contributed by atoms with Crippen LogP contribution in [0.25, 0.3) is 0 Å². The van der Waals surface area contributed by atoms with Gasteiger partial charge in [0, 0.05) is 30.6 Å². The van der Waals surface area contributed by atoms with E-state index in [0.717, 1.165) is 11.3 Å². The number of hydrogen-bond acceptors (Lipinski definition) is 3. The van der Waals surface area contributed by atoms with Crippen LogP contribution in [0.2, 0.25) is 5.02 Å². The molecule has 0 saturated carbocycles. The number of hydrogen-bond donors (Lipinski definition) is 1. The summed E-state index contributed by atoms with van der Waals surface area (Å²) in [6.45, 7) is 5.32. The molecule has 0 aliphatic heterocycles. The molecule has 0 atom stereocenters. The Kier molecular flexibility index (Phi) is 5.02. The molecule has 0 amide bonds. The number of benzene rings is 1. The highest BCUT2D eigenvalue weighted by atomic mass is 35.5. The predicted molar refractivity (Wildman–Crippen MR) is 74.8 cm³/mol. The minimum absolute atomic E-state index is 0.0592. The summed E-state index contributed by atoms with van der Waals surface area (Å²) in [4.78, 5) is 12.7. The zero-order chi connectivity index (χ0) is 13.7. The minimum Gasteiger partial charge on any atom is -0.513 e. The van der Waals surface area contributed by atoms with Gasteiger partial charge in [-0.2, -0.15) is 0 Å². The van der Waals surface area contributed by atoms with Gasteiger partial charge in [-0.15, -0.1) is 0 Å². The number of aliphatic hydroxyl groups excluding tert-OH is 1. The van der Waals surface area contributed by atoms with Gasteiger partial charge in [-0.3, -0.25) is 0 Å². The number of rotatable bonds is 5. The zero-order valence-electron chi connectivity index (χ0n) is 10.5. The molecule has 0 unspecified atom stereocenters. The van der Waals surface area contributed by atoms with E-state index in [1.165, 1.54) is 0 Å². The molecule has 1 N–H and O–H groups in total. The summed E-state index contributed by atoms with van der Waals surface area (Å²) in [7, 11) is 1.79. The average Bonchev–Trinajstić information content (AvgIpc) is 2.29. The van der Waals surface area contributed by atoms with E-state index in [4.69, 9.17) is 16.7 Å². The monoisotopic (exact) mass is 265 g/mol. The lowest BCUT2D eigenvalue weighted by Crippen LogP contribution is -2.18. The van der Waals surface area contributed by atoms with Gasteiger partial charge < -0.3 is 10.0 Å². The summed E-state index contributed by atoms with van der Waals surface area (Å²) in [6.07, 6.45) is 0.749. The summed E-state index contributed by atoms with van der Waals surface area (Å²) in [5.41, 5.74) is 2.33. The Hall–Kier alpha value is -1.70. The maximum atomic E-state index is 11.0. The Morgan fingerprint density at radius 3 is 2.67 bits per heavy atom. The highest BCUT2D eigenvalue weighted by Gasteiger charge is 2.11. The van der Waals surface area contributed by atoms with Crippen molar-refractivity contribution >= 4 is 23.2 Å². The lowest BCUT2D eigenvalue weighted by atomic mass is 10.1. The third-order valence-corrected chi connectivity index (χ3v) is 2.93. The summed E-state index contributed by atoms with van der Waals surface area (Å²) in [6, 6.07) is 5.46. The number of allylic oxidation sites excluding steroid dienone is 2. The number of aliphatic hydroxyl groups is 1. The van der Waals surface area contributed by atoms with Gasteiger partial charge in [0.25, 0.3) is 0 Å². The van der Waals surface area contributed by atoms with Crippen molar-refractivity contribution in [2.75, 3.05) is 11.9 Å². The summed E-state index contributed by atoms with van der Waals surface area (Å²) >= 11 is 5.89. The van der Waals surface area contributed by atoms with Crippen LogP contribution in [-0.4, -0.2) is 18.1 Å². The molecule has 1 aromatic carbocycles. The van der Waals surface area contributed by atoms with Crippen molar-refractivity contribution in [3.8, 4) is 0 Å². The van der Waals surface area contributed by atoms with E-state index < -0.39 is 0 Å². The maximum absolute atomic E-state index is 11.0. The van der Waals surface area contributed by atoms with Gasteiger partial charge in [0.1, 0.15) is 11.6 Å². The molecule has 0 saturated heterocycles. The second-order valence-corrected chi connectivity index (χ2v) is 4.54. The van der Waals surface area contributed by atoms with Crippen LogP contribution in [-0.2, 0) is 4.79 Å². The smallest absolute Gasteiger partial charge is 0.146 e. The van der Waals surface area contributed by atoms with Gasteiger partial charge in [-0.05, 0) is 30.7 Å². The summed E-state index contributed by atoms with van der Waals surface area (Å²) in [5, 5.41) is 9.72. The topological polar surface area (TPSA) is 40.5 Å². The summed E-state index contributed by atoms with van der Waals surface area (Å²) in [5.74, 6) is 1.96. The molecule has 18 heavy (non-hydrogen) atoms. The van der Waals surface area contributed by atoms with E-state index in [1.54, 1.807) is 18.0 Å². The Morgan fingerprint density at radius 2 is 2.17 bits per heavy atom. The molecular formula is C14H16ClNO2. The molecule has 0 aromatic heterocycles. The molecule has 96 valence electrons. The van der Waals surface area contributed by atoms with E-state index in [2.05, 4.69) is 6.58 Å². The standard InChI is InChI=1S/C14H16ClNO2/c1-10-8-12(15)5-7-14(10)16(3)13(9-17)6-4-11(2)18/h5,7-8,18H,2,4,6H2,1,3H3. The van der Waals surface area contributed by atoms with Gasteiger partial charge in [-0.25, -0.2) is 4.79 Å². The summed E-state index contributed by atoms with van der Waals surface area (Å²) < 4.78 is 0. The third-order valence-electron chi connectivity index (χ3n) is 2.69. The first-order valence-corrected chi connectivity index (χ1v) is 5.94. The lowest BCUT2D eigenvalue weighted by Gasteiger charge is -2.22. The van der Waals surface area contributed by atoms with E-state index in [-0.39, 0.29) is 5.76 Å².